The van der Waals surface area contributed by atoms with Gasteiger partial charge >= 0.3 is 6.09 Å². The molecule has 3 N–H and O–H groups in total. The lowest BCUT2D eigenvalue weighted by Gasteiger charge is -2.12. The summed E-state index contributed by atoms with van der Waals surface area (Å²) in [5, 5.41) is 14.1. The summed E-state index contributed by atoms with van der Waals surface area (Å²) in [4.78, 5) is 10.2. The summed E-state index contributed by atoms with van der Waals surface area (Å²) in [6, 6.07) is 0.106. The summed E-state index contributed by atoms with van der Waals surface area (Å²) < 4.78 is 0. The predicted molar refractivity (Wildman–Crippen MR) is 41.7 cm³/mol. The third-order valence-electron chi connectivity index (χ3n) is 1.87. The van der Waals surface area contributed by atoms with Crippen LogP contribution in [0.1, 0.15) is 19.3 Å². The molecule has 1 aliphatic heterocycles. The number of rotatable bonds is 1. The molecule has 1 aliphatic rings. The fourth-order valence-corrected chi connectivity index (χ4v) is 1.32. The Hall–Kier alpha value is -0.770. The molecule has 11 heavy (non-hydrogen) atoms. The Morgan fingerprint density at radius 3 is 3.09 bits per heavy atom. The fourth-order valence-electron chi connectivity index (χ4n) is 1.32. The zero-order valence-electron chi connectivity index (χ0n) is 6.47. The second-order valence-corrected chi connectivity index (χ2v) is 2.85. The largest absolute Gasteiger partial charge is 0.465 e. The molecule has 0 aromatic heterocycles. The first kappa shape index (κ1) is 8.33. The van der Waals surface area contributed by atoms with E-state index in [0.29, 0.717) is 0 Å². The molecule has 1 amide bonds. The van der Waals surface area contributed by atoms with Crippen LogP contribution in [0.15, 0.2) is 0 Å². The van der Waals surface area contributed by atoms with E-state index in [4.69, 9.17) is 5.11 Å². The van der Waals surface area contributed by atoms with E-state index in [-0.39, 0.29) is 6.04 Å². The summed E-state index contributed by atoms with van der Waals surface area (Å²) in [5.74, 6) is 0. The fraction of sp³-hybridized carbons (Fsp3) is 0.857. The molecule has 4 nitrogen and oxygen atoms in total. The molecule has 4 heteroatoms. The number of amides is 1. The molecule has 64 valence electrons. The van der Waals surface area contributed by atoms with Crippen LogP contribution in [0.25, 0.3) is 0 Å². The van der Waals surface area contributed by atoms with Crippen molar-refractivity contribution in [2.45, 2.75) is 25.3 Å². The van der Waals surface area contributed by atoms with Gasteiger partial charge in [0.2, 0.25) is 0 Å². The smallest absolute Gasteiger partial charge is 0.404 e. The van der Waals surface area contributed by atoms with E-state index in [1.165, 1.54) is 0 Å². The van der Waals surface area contributed by atoms with E-state index in [1.807, 2.05) is 0 Å². The Morgan fingerprint density at radius 2 is 2.36 bits per heavy atom. The maximum absolute atomic E-state index is 10.2. The molecule has 1 heterocycles. The second-order valence-electron chi connectivity index (χ2n) is 2.85. The van der Waals surface area contributed by atoms with Crippen molar-refractivity contribution in [3.8, 4) is 0 Å². The van der Waals surface area contributed by atoms with Gasteiger partial charge in [-0.05, 0) is 19.4 Å². The predicted octanol–water partition coefficient (Wildman–Crippen LogP) is 0.396. The highest BCUT2D eigenvalue weighted by Crippen LogP contribution is 2.03. The van der Waals surface area contributed by atoms with Gasteiger partial charge in [-0.25, -0.2) is 4.79 Å². The van der Waals surface area contributed by atoms with Crippen molar-refractivity contribution in [2.24, 2.45) is 0 Å². The van der Waals surface area contributed by atoms with Crippen molar-refractivity contribution < 1.29 is 9.90 Å². The Labute approximate surface area is 66.0 Å². The lowest BCUT2D eigenvalue weighted by atomic mass is 10.1. The second kappa shape index (κ2) is 4.18. The van der Waals surface area contributed by atoms with E-state index in [2.05, 4.69) is 10.6 Å². The molecule has 0 aromatic rings. The molecule has 1 rings (SSSR count). The molecule has 0 bridgehead atoms. The van der Waals surface area contributed by atoms with Crippen molar-refractivity contribution >= 4 is 6.09 Å². The maximum Gasteiger partial charge on any atom is 0.404 e. The molecule has 1 unspecified atom stereocenters. The van der Waals surface area contributed by atoms with Crippen LogP contribution in [0.2, 0.25) is 0 Å². The number of carbonyl (C=O) groups is 1. The van der Waals surface area contributed by atoms with Crippen molar-refractivity contribution in [3.63, 3.8) is 0 Å². The average Bonchev–Trinajstić information content (AvgIpc) is 2.14. The first-order chi connectivity index (χ1) is 5.29. The van der Waals surface area contributed by atoms with Crippen molar-refractivity contribution in [1.29, 1.82) is 0 Å². The Balaban J connectivity index is 2.25. The highest BCUT2D eigenvalue weighted by Gasteiger charge is 2.12. The van der Waals surface area contributed by atoms with E-state index >= 15 is 0 Å². The SMILES string of the molecule is O=C(O)NC1CCCCNC1. The number of hydrogen-bond donors (Lipinski definition) is 3. The summed E-state index contributed by atoms with van der Waals surface area (Å²) in [5.41, 5.74) is 0. The average molecular weight is 158 g/mol. The Morgan fingerprint density at radius 1 is 1.55 bits per heavy atom. The van der Waals surface area contributed by atoms with Crippen LogP contribution >= 0.6 is 0 Å². The van der Waals surface area contributed by atoms with Crippen LogP contribution in [-0.2, 0) is 0 Å². The first-order valence-electron chi connectivity index (χ1n) is 3.99. The molecular formula is C7H14N2O2. The minimum Gasteiger partial charge on any atom is -0.465 e. The molecule has 1 fully saturated rings. The number of hydrogen-bond acceptors (Lipinski definition) is 2. The zero-order valence-corrected chi connectivity index (χ0v) is 6.47. The number of carboxylic acid groups (broad SMARTS) is 1. The minimum atomic E-state index is -0.918. The standard InChI is InChI=1S/C7H14N2O2/c10-7(11)9-6-3-1-2-4-8-5-6/h6,8-9H,1-5H2,(H,10,11). The van der Waals surface area contributed by atoms with E-state index in [0.717, 1.165) is 32.4 Å². The van der Waals surface area contributed by atoms with Crippen LogP contribution in [0.5, 0.6) is 0 Å². The molecule has 0 spiro atoms. The molecule has 0 saturated carbocycles. The van der Waals surface area contributed by atoms with Gasteiger partial charge in [0.15, 0.2) is 0 Å². The van der Waals surface area contributed by atoms with Crippen LogP contribution in [0.4, 0.5) is 4.79 Å². The van der Waals surface area contributed by atoms with Gasteiger partial charge < -0.3 is 15.7 Å². The number of nitrogens with one attached hydrogen (secondary N) is 2. The van der Waals surface area contributed by atoms with Crippen molar-refractivity contribution in [1.82, 2.24) is 10.6 Å². The minimum absolute atomic E-state index is 0.106. The van der Waals surface area contributed by atoms with Crippen LogP contribution in [-0.4, -0.2) is 30.3 Å². The normalized spacial score (nSPS) is 25.6. The van der Waals surface area contributed by atoms with Crippen LogP contribution in [0.3, 0.4) is 0 Å². The van der Waals surface area contributed by atoms with Crippen LogP contribution in [0, 0.1) is 0 Å². The van der Waals surface area contributed by atoms with Crippen LogP contribution < -0.4 is 10.6 Å². The van der Waals surface area contributed by atoms with Crippen molar-refractivity contribution in [3.05, 3.63) is 0 Å². The molecule has 1 saturated heterocycles. The van der Waals surface area contributed by atoms with E-state index in [9.17, 15) is 4.79 Å². The van der Waals surface area contributed by atoms with Gasteiger partial charge in [-0.3, -0.25) is 0 Å². The molecule has 0 aliphatic carbocycles. The van der Waals surface area contributed by atoms with E-state index in [1.54, 1.807) is 0 Å². The quantitative estimate of drug-likeness (QED) is 0.517. The maximum atomic E-state index is 10.2. The third-order valence-corrected chi connectivity index (χ3v) is 1.87. The first-order valence-corrected chi connectivity index (χ1v) is 3.99. The summed E-state index contributed by atoms with van der Waals surface area (Å²) in [6.07, 6.45) is 2.30. The Kier molecular flexibility index (Phi) is 3.16. The third kappa shape index (κ3) is 3.23. The Bertz CT molecular complexity index is 130. The molecular weight excluding hydrogens is 144 g/mol. The van der Waals surface area contributed by atoms with Gasteiger partial charge in [0.05, 0.1) is 0 Å². The highest BCUT2D eigenvalue weighted by molar-refractivity contribution is 5.64. The lowest BCUT2D eigenvalue weighted by molar-refractivity contribution is 0.189. The van der Waals surface area contributed by atoms with Gasteiger partial charge in [-0.1, -0.05) is 6.42 Å². The van der Waals surface area contributed by atoms with Crippen molar-refractivity contribution in [2.75, 3.05) is 13.1 Å². The molecule has 0 radical (unpaired) electrons. The zero-order chi connectivity index (χ0) is 8.10. The van der Waals surface area contributed by atoms with E-state index < -0.39 is 6.09 Å². The van der Waals surface area contributed by atoms with Gasteiger partial charge in [-0.2, -0.15) is 0 Å². The topological polar surface area (TPSA) is 61.4 Å². The van der Waals surface area contributed by atoms with Gasteiger partial charge in [0, 0.05) is 12.6 Å². The molecule has 0 aromatic carbocycles. The van der Waals surface area contributed by atoms with Gasteiger partial charge in [-0.15, -0.1) is 0 Å². The van der Waals surface area contributed by atoms with Gasteiger partial charge in [0.1, 0.15) is 0 Å². The summed E-state index contributed by atoms with van der Waals surface area (Å²) in [6.45, 7) is 1.78. The summed E-state index contributed by atoms with van der Waals surface area (Å²) >= 11 is 0. The monoisotopic (exact) mass is 158 g/mol. The lowest BCUT2D eigenvalue weighted by Crippen LogP contribution is -2.39. The summed E-state index contributed by atoms with van der Waals surface area (Å²) in [7, 11) is 0. The highest BCUT2D eigenvalue weighted by atomic mass is 16.4. The van der Waals surface area contributed by atoms with Gasteiger partial charge in [0.25, 0.3) is 0 Å². The molecule has 1 atom stereocenters.